The molecule has 1 heterocycles. The van der Waals surface area contributed by atoms with Gasteiger partial charge in [-0.1, -0.05) is 30.3 Å². The Bertz CT molecular complexity index is 1030. The van der Waals surface area contributed by atoms with E-state index in [0.717, 1.165) is 34.7 Å². The summed E-state index contributed by atoms with van der Waals surface area (Å²) in [6.07, 6.45) is 6.03. The van der Waals surface area contributed by atoms with Crippen molar-refractivity contribution in [2.24, 2.45) is 0 Å². The number of aromatic nitrogens is 2. The van der Waals surface area contributed by atoms with Crippen molar-refractivity contribution in [1.29, 1.82) is 0 Å². The number of rotatable bonds is 11. The van der Waals surface area contributed by atoms with Crippen molar-refractivity contribution >= 4 is 17.9 Å². The molecule has 0 bridgehead atoms. The lowest BCUT2D eigenvalue weighted by Gasteiger charge is -2.23. The van der Waals surface area contributed by atoms with E-state index in [4.69, 9.17) is 4.74 Å². The number of amides is 1. The Kier molecular flexibility index (Phi) is 8.02. The minimum Gasteiger partial charge on any atom is -0.494 e. The second-order valence-electron chi connectivity index (χ2n) is 7.78. The maximum Gasteiger partial charge on any atom is 0.220 e. The summed E-state index contributed by atoms with van der Waals surface area (Å²) in [7, 11) is 3.59. The van der Waals surface area contributed by atoms with Gasteiger partial charge in [-0.15, -0.1) is 0 Å². The summed E-state index contributed by atoms with van der Waals surface area (Å²) in [5.41, 5.74) is 3.90. The molecular weight excluding hydrogens is 404 g/mol. The average molecular weight is 435 g/mol. The molecule has 0 aliphatic rings. The van der Waals surface area contributed by atoms with Crippen LogP contribution in [0, 0.1) is 6.92 Å². The van der Waals surface area contributed by atoms with Gasteiger partial charge >= 0.3 is 0 Å². The molecule has 0 radical (unpaired) electrons. The predicted octanol–water partition coefficient (Wildman–Crippen LogP) is 3.33. The fraction of sp³-hybridized carbons (Fsp3) is 0.320. The molecule has 0 aliphatic carbocycles. The zero-order valence-corrected chi connectivity index (χ0v) is 18.8. The third kappa shape index (κ3) is 6.20. The van der Waals surface area contributed by atoms with Crippen molar-refractivity contribution in [1.82, 2.24) is 14.9 Å². The molecule has 0 aliphatic heterocycles. The number of carbonyl (C=O) groups is 2. The number of nitrogens with zero attached hydrogens (tertiary/aromatic N) is 3. The number of nitrogens with one attached hydrogen (secondary N) is 1. The molecule has 0 fully saturated rings. The Balaban J connectivity index is 1.54. The molecule has 1 amide bonds. The molecule has 3 rings (SSSR count). The molecule has 7 heteroatoms. The van der Waals surface area contributed by atoms with E-state index in [2.05, 4.69) is 10.3 Å². The molecule has 7 nitrogen and oxygen atoms in total. The smallest absolute Gasteiger partial charge is 0.220 e. The standard InChI is InChI=1S/C25H30N4O3/c1-19-16-29(18-26-19)23-11-10-22(15-24(23)32-3)28(2)14-13-21(17-30)27-25(31)12-9-20-7-5-4-6-8-20/h4-8,10-11,15-18,21H,9,12-14H2,1-3H3,(H,27,31). The van der Waals surface area contributed by atoms with Crippen molar-refractivity contribution in [2.45, 2.75) is 32.2 Å². The summed E-state index contributed by atoms with van der Waals surface area (Å²) < 4.78 is 7.50. The molecule has 0 saturated heterocycles. The molecule has 32 heavy (non-hydrogen) atoms. The Morgan fingerprint density at radius 1 is 1.25 bits per heavy atom. The van der Waals surface area contributed by atoms with E-state index in [1.54, 1.807) is 13.4 Å². The Morgan fingerprint density at radius 2 is 2.03 bits per heavy atom. The molecule has 2 aromatic carbocycles. The van der Waals surface area contributed by atoms with Gasteiger partial charge in [-0.05, 0) is 37.5 Å². The number of carbonyl (C=O) groups excluding carboxylic acids is 2. The summed E-state index contributed by atoms with van der Waals surface area (Å²) in [4.78, 5) is 30.1. The molecule has 1 atom stereocenters. The van der Waals surface area contributed by atoms with Gasteiger partial charge in [0.05, 0.1) is 30.9 Å². The lowest BCUT2D eigenvalue weighted by atomic mass is 10.1. The first-order chi connectivity index (χ1) is 15.5. The number of aryl methyl sites for hydroxylation is 2. The molecule has 0 spiro atoms. The normalized spacial score (nSPS) is 11.6. The van der Waals surface area contributed by atoms with E-state index in [-0.39, 0.29) is 5.91 Å². The van der Waals surface area contributed by atoms with Crippen LogP contribution >= 0.6 is 0 Å². The van der Waals surface area contributed by atoms with Gasteiger partial charge in [-0.3, -0.25) is 4.79 Å². The lowest BCUT2D eigenvalue weighted by molar-refractivity contribution is -0.124. The zero-order valence-electron chi connectivity index (χ0n) is 18.8. The van der Waals surface area contributed by atoms with E-state index in [0.29, 0.717) is 25.8 Å². The SMILES string of the molecule is COc1cc(N(C)CCC(C=O)NC(=O)CCc2ccccc2)ccc1-n1cnc(C)c1. The van der Waals surface area contributed by atoms with Gasteiger partial charge in [0, 0.05) is 38.0 Å². The number of hydrogen-bond donors (Lipinski definition) is 1. The fourth-order valence-electron chi connectivity index (χ4n) is 3.49. The number of aldehydes is 1. The first kappa shape index (κ1) is 23.1. The molecule has 1 unspecified atom stereocenters. The summed E-state index contributed by atoms with van der Waals surface area (Å²) in [5, 5.41) is 2.83. The monoisotopic (exact) mass is 434 g/mol. The maximum absolute atomic E-state index is 12.3. The largest absolute Gasteiger partial charge is 0.494 e. The van der Waals surface area contributed by atoms with Crippen molar-refractivity contribution in [3.05, 3.63) is 72.3 Å². The van der Waals surface area contributed by atoms with Crippen LogP contribution in [-0.4, -0.2) is 48.5 Å². The molecule has 1 N–H and O–H groups in total. The average Bonchev–Trinajstić information content (AvgIpc) is 3.26. The topological polar surface area (TPSA) is 76.5 Å². The van der Waals surface area contributed by atoms with Crippen LogP contribution in [0.5, 0.6) is 5.75 Å². The highest BCUT2D eigenvalue weighted by molar-refractivity contribution is 5.79. The van der Waals surface area contributed by atoms with Gasteiger partial charge in [0.25, 0.3) is 0 Å². The fourth-order valence-corrected chi connectivity index (χ4v) is 3.49. The Labute approximate surface area is 189 Å². The molecule has 0 saturated carbocycles. The number of benzene rings is 2. The van der Waals surface area contributed by atoms with E-state index < -0.39 is 6.04 Å². The van der Waals surface area contributed by atoms with Crippen LogP contribution in [0.25, 0.3) is 5.69 Å². The third-order valence-electron chi connectivity index (χ3n) is 5.36. The third-order valence-corrected chi connectivity index (χ3v) is 5.36. The van der Waals surface area contributed by atoms with Crippen LogP contribution in [-0.2, 0) is 16.0 Å². The predicted molar refractivity (Wildman–Crippen MR) is 125 cm³/mol. The van der Waals surface area contributed by atoms with Gasteiger partial charge < -0.3 is 24.3 Å². The van der Waals surface area contributed by atoms with Crippen molar-refractivity contribution in [3.8, 4) is 11.4 Å². The van der Waals surface area contributed by atoms with Gasteiger partial charge in [0.1, 0.15) is 12.0 Å². The summed E-state index contributed by atoms with van der Waals surface area (Å²) in [6.45, 7) is 2.55. The second kappa shape index (κ2) is 11.1. The molecule has 168 valence electrons. The number of anilines is 1. The van der Waals surface area contributed by atoms with Crippen LogP contribution in [0.15, 0.2) is 61.1 Å². The first-order valence-corrected chi connectivity index (χ1v) is 10.7. The highest BCUT2D eigenvalue weighted by atomic mass is 16.5. The van der Waals surface area contributed by atoms with E-state index in [1.165, 1.54) is 0 Å². The zero-order chi connectivity index (χ0) is 22.9. The van der Waals surface area contributed by atoms with E-state index in [1.807, 2.05) is 78.2 Å². The first-order valence-electron chi connectivity index (χ1n) is 10.7. The van der Waals surface area contributed by atoms with Crippen molar-refractivity contribution in [3.63, 3.8) is 0 Å². The highest BCUT2D eigenvalue weighted by Crippen LogP contribution is 2.28. The number of methoxy groups -OCH3 is 1. The van der Waals surface area contributed by atoms with Gasteiger partial charge in [0.15, 0.2) is 0 Å². The van der Waals surface area contributed by atoms with Crippen LogP contribution in [0.4, 0.5) is 5.69 Å². The van der Waals surface area contributed by atoms with E-state index in [9.17, 15) is 9.59 Å². The van der Waals surface area contributed by atoms with Crippen molar-refractivity contribution < 1.29 is 14.3 Å². The van der Waals surface area contributed by atoms with Gasteiger partial charge in [-0.25, -0.2) is 4.98 Å². The maximum atomic E-state index is 12.3. The highest BCUT2D eigenvalue weighted by Gasteiger charge is 2.14. The van der Waals surface area contributed by atoms with Crippen molar-refractivity contribution in [2.75, 3.05) is 25.6 Å². The quantitative estimate of drug-likeness (QED) is 0.469. The summed E-state index contributed by atoms with van der Waals surface area (Å²) in [5.74, 6) is 0.614. The minimum absolute atomic E-state index is 0.116. The summed E-state index contributed by atoms with van der Waals surface area (Å²) >= 11 is 0. The molecular formula is C25H30N4O3. The second-order valence-corrected chi connectivity index (χ2v) is 7.78. The van der Waals surface area contributed by atoms with Gasteiger partial charge in [0.2, 0.25) is 5.91 Å². The summed E-state index contributed by atoms with van der Waals surface area (Å²) in [6, 6.07) is 15.3. The van der Waals surface area contributed by atoms with Crippen LogP contribution < -0.4 is 15.0 Å². The molecule has 3 aromatic rings. The van der Waals surface area contributed by atoms with Gasteiger partial charge in [-0.2, -0.15) is 0 Å². The van der Waals surface area contributed by atoms with Crippen LogP contribution in [0.3, 0.4) is 0 Å². The Hall–Kier alpha value is -3.61. The number of imidazole rings is 1. The van der Waals surface area contributed by atoms with Crippen LogP contribution in [0.2, 0.25) is 0 Å². The lowest BCUT2D eigenvalue weighted by Crippen LogP contribution is -2.38. The van der Waals surface area contributed by atoms with Crippen LogP contribution in [0.1, 0.15) is 24.1 Å². The molecule has 1 aromatic heterocycles. The Morgan fingerprint density at radius 3 is 2.69 bits per heavy atom. The number of ether oxygens (including phenoxy) is 1. The minimum atomic E-state index is -0.518. The van der Waals surface area contributed by atoms with E-state index >= 15 is 0 Å². The number of hydrogen-bond acceptors (Lipinski definition) is 5.